The summed E-state index contributed by atoms with van der Waals surface area (Å²) in [5.41, 5.74) is 2.42. The van der Waals surface area contributed by atoms with Crippen molar-refractivity contribution in [1.82, 2.24) is 4.90 Å². The van der Waals surface area contributed by atoms with Crippen LogP contribution in [0.25, 0.3) is 0 Å². The number of piperazine rings is 1. The molecule has 2 amide bonds. The number of likely N-dealkylation sites (N-methyl/N-ethyl adjacent to an activating group) is 1. The van der Waals surface area contributed by atoms with Crippen molar-refractivity contribution in [2.75, 3.05) is 48.8 Å². The summed E-state index contributed by atoms with van der Waals surface area (Å²) >= 11 is 0. The molecule has 152 valence electrons. The lowest BCUT2D eigenvalue weighted by molar-refractivity contribution is -0.122. The summed E-state index contributed by atoms with van der Waals surface area (Å²) in [6, 6.07) is 13.4. The predicted octanol–water partition coefficient (Wildman–Crippen LogP) is 2.79. The molecule has 1 saturated heterocycles. The van der Waals surface area contributed by atoms with Crippen molar-refractivity contribution >= 4 is 28.9 Å². The molecular formula is C22H25FN4O2. The molecule has 0 aromatic heterocycles. The number of hydrogen-bond acceptors (Lipinski definition) is 4. The van der Waals surface area contributed by atoms with E-state index in [2.05, 4.69) is 27.5 Å². The molecule has 1 heterocycles. The Balaban J connectivity index is 1.27. The first-order chi connectivity index (χ1) is 14.0. The van der Waals surface area contributed by atoms with Gasteiger partial charge in [0.05, 0.1) is 11.8 Å². The van der Waals surface area contributed by atoms with Crippen molar-refractivity contribution in [3.8, 4) is 0 Å². The summed E-state index contributed by atoms with van der Waals surface area (Å²) in [4.78, 5) is 29.4. The first kappa shape index (κ1) is 19.4. The highest BCUT2D eigenvalue weighted by Crippen LogP contribution is 2.40. The maximum atomic E-state index is 12.9. The van der Waals surface area contributed by atoms with E-state index < -0.39 is 0 Å². The van der Waals surface area contributed by atoms with Gasteiger partial charge >= 0.3 is 0 Å². The molecule has 0 radical (unpaired) electrons. The van der Waals surface area contributed by atoms with Crippen LogP contribution in [0.2, 0.25) is 0 Å². The first-order valence-electron chi connectivity index (χ1n) is 9.90. The molecule has 6 nitrogen and oxygen atoms in total. The largest absolute Gasteiger partial charge is 0.369 e. The molecule has 2 atom stereocenters. The zero-order chi connectivity index (χ0) is 20.4. The Morgan fingerprint density at radius 2 is 1.31 bits per heavy atom. The Morgan fingerprint density at radius 1 is 0.828 bits per heavy atom. The summed E-state index contributed by atoms with van der Waals surface area (Å²) < 4.78 is 12.9. The number of hydrogen-bond donors (Lipinski definition) is 2. The van der Waals surface area contributed by atoms with E-state index in [1.807, 2.05) is 24.3 Å². The Morgan fingerprint density at radius 3 is 1.83 bits per heavy atom. The summed E-state index contributed by atoms with van der Waals surface area (Å²) in [5, 5.41) is 5.63. The van der Waals surface area contributed by atoms with Gasteiger partial charge in [0.15, 0.2) is 0 Å². The lowest BCUT2D eigenvalue weighted by Gasteiger charge is -2.34. The monoisotopic (exact) mass is 396 g/mol. The van der Waals surface area contributed by atoms with Crippen molar-refractivity contribution < 1.29 is 14.0 Å². The second kappa shape index (κ2) is 8.21. The van der Waals surface area contributed by atoms with Gasteiger partial charge in [-0.1, -0.05) is 0 Å². The smallest absolute Gasteiger partial charge is 0.228 e. The second-order valence-electron chi connectivity index (χ2n) is 7.77. The van der Waals surface area contributed by atoms with Crippen molar-refractivity contribution in [2.24, 2.45) is 11.8 Å². The van der Waals surface area contributed by atoms with E-state index in [0.29, 0.717) is 12.1 Å². The average molecular weight is 396 g/mol. The zero-order valence-corrected chi connectivity index (χ0v) is 16.4. The number of nitrogens with one attached hydrogen (secondary N) is 2. The quantitative estimate of drug-likeness (QED) is 0.816. The molecule has 2 unspecified atom stereocenters. The minimum absolute atomic E-state index is 0.142. The van der Waals surface area contributed by atoms with Gasteiger partial charge in [0.1, 0.15) is 5.82 Å². The number of rotatable bonds is 5. The fourth-order valence-corrected chi connectivity index (χ4v) is 3.60. The number of benzene rings is 2. The summed E-state index contributed by atoms with van der Waals surface area (Å²) in [5.74, 6) is -1.37. The van der Waals surface area contributed by atoms with Gasteiger partial charge in [-0.05, 0) is 62.0 Å². The molecular weight excluding hydrogens is 371 g/mol. The Kier molecular flexibility index (Phi) is 5.49. The van der Waals surface area contributed by atoms with Crippen LogP contribution in [0.1, 0.15) is 6.42 Å². The van der Waals surface area contributed by atoms with Gasteiger partial charge in [0.2, 0.25) is 11.8 Å². The van der Waals surface area contributed by atoms with Crippen LogP contribution in [0.4, 0.5) is 21.5 Å². The highest BCUT2D eigenvalue weighted by atomic mass is 19.1. The Hall–Kier alpha value is -2.93. The third kappa shape index (κ3) is 4.74. The minimum atomic E-state index is -0.356. The average Bonchev–Trinajstić information content (AvgIpc) is 3.52. The second-order valence-corrected chi connectivity index (χ2v) is 7.77. The summed E-state index contributed by atoms with van der Waals surface area (Å²) in [6.07, 6.45) is 0.526. The number of nitrogens with zero attached hydrogens (tertiary/aromatic N) is 2. The van der Waals surface area contributed by atoms with Crippen molar-refractivity contribution in [2.45, 2.75) is 6.42 Å². The van der Waals surface area contributed by atoms with E-state index in [-0.39, 0.29) is 29.5 Å². The van der Waals surface area contributed by atoms with Crippen LogP contribution in [-0.4, -0.2) is 49.9 Å². The van der Waals surface area contributed by atoms with Crippen LogP contribution in [0.15, 0.2) is 48.5 Å². The summed E-state index contributed by atoms with van der Waals surface area (Å²) in [6.45, 7) is 4.08. The van der Waals surface area contributed by atoms with Crippen molar-refractivity contribution in [3.63, 3.8) is 0 Å². The molecule has 4 rings (SSSR count). The molecule has 2 aromatic carbocycles. The van der Waals surface area contributed by atoms with Crippen molar-refractivity contribution in [1.29, 1.82) is 0 Å². The van der Waals surface area contributed by atoms with Gasteiger partial charge in [0, 0.05) is 43.2 Å². The van der Waals surface area contributed by atoms with Gasteiger partial charge in [-0.3, -0.25) is 9.59 Å². The van der Waals surface area contributed by atoms with E-state index in [0.717, 1.165) is 37.6 Å². The minimum Gasteiger partial charge on any atom is -0.369 e. The lowest BCUT2D eigenvalue weighted by Crippen LogP contribution is -2.44. The van der Waals surface area contributed by atoms with Gasteiger partial charge in [-0.2, -0.15) is 0 Å². The maximum absolute atomic E-state index is 12.9. The Bertz CT molecular complexity index is 877. The fourth-order valence-electron chi connectivity index (χ4n) is 3.60. The van der Waals surface area contributed by atoms with Gasteiger partial charge in [-0.25, -0.2) is 4.39 Å². The van der Waals surface area contributed by atoms with Crippen LogP contribution in [0.3, 0.4) is 0 Å². The number of anilines is 3. The number of carbonyl (C=O) groups excluding carboxylic acids is 2. The Labute approximate surface area is 169 Å². The van der Waals surface area contributed by atoms with Crippen LogP contribution in [0, 0.1) is 17.7 Å². The first-order valence-corrected chi connectivity index (χ1v) is 9.90. The topological polar surface area (TPSA) is 64.7 Å². The van der Waals surface area contributed by atoms with E-state index in [1.54, 1.807) is 0 Å². The van der Waals surface area contributed by atoms with Crippen LogP contribution < -0.4 is 15.5 Å². The van der Waals surface area contributed by atoms with Gasteiger partial charge < -0.3 is 20.4 Å². The SMILES string of the molecule is CN1CCN(c2ccc(NC(=O)C3CC3C(=O)Nc3ccc(F)cc3)cc2)CC1. The molecule has 2 N–H and O–H groups in total. The van der Waals surface area contributed by atoms with Gasteiger partial charge in [-0.15, -0.1) is 0 Å². The van der Waals surface area contributed by atoms with Crippen LogP contribution >= 0.6 is 0 Å². The van der Waals surface area contributed by atoms with Crippen LogP contribution in [0.5, 0.6) is 0 Å². The molecule has 0 spiro atoms. The predicted molar refractivity (Wildman–Crippen MR) is 111 cm³/mol. The number of halogens is 1. The molecule has 2 fully saturated rings. The van der Waals surface area contributed by atoms with E-state index in [4.69, 9.17) is 0 Å². The van der Waals surface area contributed by atoms with E-state index in [1.165, 1.54) is 24.3 Å². The van der Waals surface area contributed by atoms with Crippen molar-refractivity contribution in [3.05, 3.63) is 54.3 Å². The standard InChI is InChI=1S/C22H25FN4O2/c1-26-10-12-27(13-11-26)18-8-6-17(7-9-18)25-22(29)20-14-19(20)21(28)24-16-4-2-15(23)3-5-16/h2-9,19-20H,10-14H2,1H3,(H,24,28)(H,25,29). The molecule has 7 heteroatoms. The summed E-state index contributed by atoms with van der Waals surface area (Å²) in [7, 11) is 2.13. The lowest BCUT2D eigenvalue weighted by atomic mass is 10.2. The van der Waals surface area contributed by atoms with E-state index in [9.17, 15) is 14.0 Å². The molecule has 1 saturated carbocycles. The normalized spacial score (nSPS) is 21.5. The molecule has 1 aliphatic carbocycles. The molecule has 1 aliphatic heterocycles. The fraction of sp³-hybridized carbons (Fsp3) is 0.364. The molecule has 29 heavy (non-hydrogen) atoms. The highest BCUT2D eigenvalue weighted by molar-refractivity contribution is 6.03. The third-order valence-corrected chi connectivity index (χ3v) is 5.58. The van der Waals surface area contributed by atoms with E-state index >= 15 is 0 Å². The number of carbonyl (C=O) groups is 2. The van der Waals surface area contributed by atoms with Gasteiger partial charge in [0.25, 0.3) is 0 Å². The molecule has 2 aliphatic rings. The highest BCUT2D eigenvalue weighted by Gasteiger charge is 2.48. The maximum Gasteiger partial charge on any atom is 0.228 e. The third-order valence-electron chi connectivity index (χ3n) is 5.58. The number of amides is 2. The zero-order valence-electron chi connectivity index (χ0n) is 16.4. The van der Waals surface area contributed by atoms with Crippen LogP contribution in [-0.2, 0) is 9.59 Å². The molecule has 0 bridgehead atoms. The molecule has 2 aromatic rings.